The monoisotopic (exact) mass is 261 g/mol. The molecule has 2 N–H and O–H groups in total. The Balaban J connectivity index is 2.35. The highest BCUT2D eigenvalue weighted by Crippen LogP contribution is 2.27. The number of benzene rings is 1. The van der Waals surface area contributed by atoms with Crippen molar-refractivity contribution in [2.45, 2.75) is 32.2 Å². The molecule has 1 aromatic heterocycles. The van der Waals surface area contributed by atoms with E-state index in [0.717, 1.165) is 23.4 Å². The summed E-state index contributed by atoms with van der Waals surface area (Å²) in [6.45, 7) is 3.98. The molecule has 0 fully saturated rings. The maximum atomic E-state index is 13.4. The number of nitrogens with zero attached hydrogens (tertiary/aromatic N) is 2. The summed E-state index contributed by atoms with van der Waals surface area (Å²) in [7, 11) is 1.91. The van der Waals surface area contributed by atoms with Crippen LogP contribution in [0.15, 0.2) is 30.3 Å². The summed E-state index contributed by atoms with van der Waals surface area (Å²) in [4.78, 5) is 0. The third-order valence-corrected chi connectivity index (χ3v) is 3.63. The molecule has 0 aliphatic heterocycles. The summed E-state index contributed by atoms with van der Waals surface area (Å²) < 4.78 is 15.2. The van der Waals surface area contributed by atoms with Gasteiger partial charge in [0, 0.05) is 24.7 Å². The highest BCUT2D eigenvalue weighted by atomic mass is 19.1. The zero-order valence-electron chi connectivity index (χ0n) is 11.7. The number of hydrogen-bond donors (Lipinski definition) is 1. The second-order valence-electron chi connectivity index (χ2n) is 5.10. The van der Waals surface area contributed by atoms with Gasteiger partial charge < -0.3 is 5.73 Å². The number of nitrogens with two attached hydrogens (primary N) is 1. The lowest BCUT2D eigenvalue weighted by molar-refractivity contribution is 0.410. The highest BCUT2D eigenvalue weighted by molar-refractivity contribution is 5.27. The molecule has 0 radical (unpaired) electrons. The van der Waals surface area contributed by atoms with Crippen LogP contribution in [0.4, 0.5) is 4.39 Å². The molecule has 2 rings (SSSR count). The van der Waals surface area contributed by atoms with Crippen LogP contribution in [0.3, 0.4) is 0 Å². The predicted molar refractivity (Wildman–Crippen MR) is 74.2 cm³/mol. The minimum Gasteiger partial charge on any atom is -0.321 e. The Morgan fingerprint density at radius 2 is 2.11 bits per heavy atom. The van der Waals surface area contributed by atoms with Gasteiger partial charge in [-0.15, -0.1) is 0 Å². The Morgan fingerprint density at radius 3 is 2.63 bits per heavy atom. The molecule has 0 aliphatic carbocycles. The molecule has 2 aromatic rings. The van der Waals surface area contributed by atoms with E-state index < -0.39 is 5.54 Å². The van der Waals surface area contributed by atoms with Crippen molar-refractivity contribution >= 4 is 0 Å². The molecule has 0 saturated heterocycles. The number of aromatic nitrogens is 2. The zero-order valence-corrected chi connectivity index (χ0v) is 11.7. The SMILES string of the molecule is CCC(N)(Cc1cc(C)nn1C)c1cccc(F)c1. The summed E-state index contributed by atoms with van der Waals surface area (Å²) >= 11 is 0. The summed E-state index contributed by atoms with van der Waals surface area (Å²) in [5.41, 5.74) is 8.78. The number of hydrogen-bond acceptors (Lipinski definition) is 2. The van der Waals surface area contributed by atoms with Crippen LogP contribution in [0, 0.1) is 12.7 Å². The molecule has 102 valence electrons. The van der Waals surface area contributed by atoms with E-state index in [9.17, 15) is 4.39 Å². The van der Waals surface area contributed by atoms with Crippen LogP contribution in [-0.2, 0) is 19.0 Å². The van der Waals surface area contributed by atoms with Crippen molar-refractivity contribution in [1.82, 2.24) is 9.78 Å². The average molecular weight is 261 g/mol. The van der Waals surface area contributed by atoms with Gasteiger partial charge in [-0.2, -0.15) is 5.10 Å². The van der Waals surface area contributed by atoms with Gasteiger partial charge in [0.25, 0.3) is 0 Å². The molecule has 4 heteroatoms. The van der Waals surface area contributed by atoms with E-state index in [0.29, 0.717) is 6.42 Å². The van der Waals surface area contributed by atoms with Crippen LogP contribution in [-0.4, -0.2) is 9.78 Å². The van der Waals surface area contributed by atoms with Crippen LogP contribution in [0.25, 0.3) is 0 Å². The minimum absolute atomic E-state index is 0.248. The maximum absolute atomic E-state index is 13.4. The molecule has 1 heterocycles. The average Bonchev–Trinajstić information content (AvgIpc) is 2.67. The largest absolute Gasteiger partial charge is 0.321 e. The highest BCUT2D eigenvalue weighted by Gasteiger charge is 2.27. The number of halogens is 1. The normalized spacial score (nSPS) is 14.4. The van der Waals surface area contributed by atoms with Gasteiger partial charge in [0.2, 0.25) is 0 Å². The maximum Gasteiger partial charge on any atom is 0.123 e. The first kappa shape index (κ1) is 13.7. The van der Waals surface area contributed by atoms with E-state index >= 15 is 0 Å². The van der Waals surface area contributed by atoms with Crippen LogP contribution in [0.5, 0.6) is 0 Å². The molecule has 3 nitrogen and oxygen atoms in total. The molecule has 19 heavy (non-hydrogen) atoms. The third kappa shape index (κ3) is 2.84. The van der Waals surface area contributed by atoms with E-state index in [-0.39, 0.29) is 5.82 Å². The predicted octanol–water partition coefficient (Wildman–Crippen LogP) is 2.67. The fourth-order valence-corrected chi connectivity index (χ4v) is 2.38. The van der Waals surface area contributed by atoms with E-state index in [1.807, 2.05) is 37.7 Å². The lowest BCUT2D eigenvalue weighted by atomic mass is 9.84. The van der Waals surface area contributed by atoms with E-state index in [1.54, 1.807) is 6.07 Å². The summed E-state index contributed by atoms with van der Waals surface area (Å²) in [6.07, 6.45) is 1.38. The Hall–Kier alpha value is -1.68. The molecule has 1 atom stereocenters. The Bertz CT molecular complexity index is 577. The first-order valence-electron chi connectivity index (χ1n) is 6.49. The van der Waals surface area contributed by atoms with Crippen molar-refractivity contribution in [3.05, 3.63) is 53.1 Å². The molecule has 1 aromatic carbocycles. The van der Waals surface area contributed by atoms with E-state index in [1.165, 1.54) is 12.1 Å². The smallest absolute Gasteiger partial charge is 0.123 e. The van der Waals surface area contributed by atoms with Crippen molar-refractivity contribution in [2.24, 2.45) is 12.8 Å². The standard InChI is InChI=1S/C15H20FN3/c1-4-15(17,12-6-5-7-13(16)9-12)10-14-8-11(2)18-19(14)3/h5-9H,4,10,17H2,1-3H3. The Labute approximate surface area is 113 Å². The molecule has 0 spiro atoms. The molecule has 0 aliphatic rings. The molecule has 0 amide bonds. The van der Waals surface area contributed by atoms with Gasteiger partial charge in [0.05, 0.1) is 5.69 Å². The van der Waals surface area contributed by atoms with Crippen molar-refractivity contribution in [3.63, 3.8) is 0 Å². The van der Waals surface area contributed by atoms with Gasteiger partial charge in [-0.05, 0) is 37.1 Å². The van der Waals surface area contributed by atoms with Crippen LogP contribution < -0.4 is 5.73 Å². The second kappa shape index (κ2) is 5.13. The molecular weight excluding hydrogens is 241 g/mol. The Morgan fingerprint density at radius 1 is 1.37 bits per heavy atom. The fourth-order valence-electron chi connectivity index (χ4n) is 2.38. The summed E-state index contributed by atoms with van der Waals surface area (Å²) in [5.74, 6) is -0.248. The molecule has 1 unspecified atom stereocenters. The van der Waals surface area contributed by atoms with Crippen LogP contribution in [0.1, 0.15) is 30.3 Å². The van der Waals surface area contributed by atoms with E-state index in [2.05, 4.69) is 5.10 Å². The van der Waals surface area contributed by atoms with Crippen LogP contribution >= 0.6 is 0 Å². The lowest BCUT2D eigenvalue weighted by Gasteiger charge is -2.29. The van der Waals surface area contributed by atoms with Crippen molar-refractivity contribution in [1.29, 1.82) is 0 Å². The van der Waals surface area contributed by atoms with Gasteiger partial charge in [-0.25, -0.2) is 4.39 Å². The first-order chi connectivity index (χ1) is 8.94. The van der Waals surface area contributed by atoms with Gasteiger partial charge in [0.1, 0.15) is 5.82 Å². The quantitative estimate of drug-likeness (QED) is 0.919. The number of aryl methyl sites for hydroxylation is 2. The topological polar surface area (TPSA) is 43.8 Å². The number of rotatable bonds is 4. The second-order valence-corrected chi connectivity index (χ2v) is 5.10. The lowest BCUT2D eigenvalue weighted by Crippen LogP contribution is -2.39. The van der Waals surface area contributed by atoms with Crippen LogP contribution in [0.2, 0.25) is 0 Å². The van der Waals surface area contributed by atoms with Crippen molar-refractivity contribution in [3.8, 4) is 0 Å². The molecule has 0 saturated carbocycles. The molecular formula is C15H20FN3. The Kier molecular flexibility index (Phi) is 3.71. The summed E-state index contributed by atoms with van der Waals surface area (Å²) in [6, 6.07) is 8.57. The van der Waals surface area contributed by atoms with E-state index in [4.69, 9.17) is 5.73 Å². The van der Waals surface area contributed by atoms with Gasteiger partial charge in [0.15, 0.2) is 0 Å². The molecule has 0 bridgehead atoms. The van der Waals surface area contributed by atoms with Gasteiger partial charge in [-0.1, -0.05) is 19.1 Å². The first-order valence-corrected chi connectivity index (χ1v) is 6.49. The minimum atomic E-state index is -0.567. The van der Waals surface area contributed by atoms with Gasteiger partial charge >= 0.3 is 0 Å². The summed E-state index contributed by atoms with van der Waals surface area (Å²) in [5, 5.41) is 4.33. The van der Waals surface area contributed by atoms with Gasteiger partial charge in [-0.3, -0.25) is 4.68 Å². The fraction of sp³-hybridized carbons (Fsp3) is 0.400. The third-order valence-electron chi connectivity index (χ3n) is 3.63. The zero-order chi connectivity index (χ0) is 14.0. The van der Waals surface area contributed by atoms with Crippen molar-refractivity contribution < 1.29 is 4.39 Å². The van der Waals surface area contributed by atoms with Crippen molar-refractivity contribution in [2.75, 3.05) is 0 Å².